The largest absolute Gasteiger partial charge is 0.390 e. The van der Waals surface area contributed by atoms with Gasteiger partial charge in [-0.15, -0.1) is 0 Å². The molecule has 1 heterocycles. The van der Waals surface area contributed by atoms with Crippen LogP contribution in [-0.2, 0) is 0 Å². The highest BCUT2D eigenvalue weighted by atomic mass is 16.3. The van der Waals surface area contributed by atoms with E-state index in [9.17, 15) is 10.2 Å². The minimum absolute atomic E-state index is 0.509. The lowest BCUT2D eigenvalue weighted by atomic mass is 10.1. The van der Waals surface area contributed by atoms with Crippen molar-refractivity contribution in [1.82, 2.24) is 4.90 Å². The number of nitrogens with zero attached hydrogens (tertiary/aromatic N) is 1. The van der Waals surface area contributed by atoms with Crippen LogP contribution < -0.4 is 0 Å². The molecule has 2 N–H and O–H groups in total. The number of aliphatic hydroxyl groups excluding tert-OH is 2. The van der Waals surface area contributed by atoms with Crippen LogP contribution in [0.3, 0.4) is 0 Å². The van der Waals surface area contributed by atoms with Gasteiger partial charge in [0.05, 0.1) is 12.2 Å². The summed E-state index contributed by atoms with van der Waals surface area (Å²) in [6.07, 6.45) is 0.366. The number of aliphatic hydroxyl groups is 2. The number of hydrogen-bond acceptors (Lipinski definition) is 3. The molecule has 2 atom stereocenters. The molecule has 1 rings (SSSR count). The molecule has 0 saturated carbocycles. The van der Waals surface area contributed by atoms with Gasteiger partial charge in [-0.2, -0.15) is 0 Å². The number of likely N-dealkylation sites (tertiary alicyclic amines) is 1. The zero-order valence-electron chi connectivity index (χ0n) is 8.32. The molecule has 0 aliphatic carbocycles. The van der Waals surface area contributed by atoms with E-state index in [4.69, 9.17) is 0 Å². The smallest absolute Gasteiger partial charge is 0.0811 e. The fourth-order valence-electron chi connectivity index (χ4n) is 1.20. The molecule has 0 aromatic heterocycles. The molecule has 1 fully saturated rings. The van der Waals surface area contributed by atoms with Crippen LogP contribution in [0, 0.1) is 0 Å². The van der Waals surface area contributed by atoms with Crippen molar-refractivity contribution < 1.29 is 10.2 Å². The Kier molecular flexibility index (Phi) is 6.34. The molecule has 74 valence electrons. The Labute approximate surface area is 75.0 Å². The zero-order chi connectivity index (χ0) is 9.56. The molecule has 3 heteroatoms. The summed E-state index contributed by atoms with van der Waals surface area (Å²) in [4.78, 5) is 2.12. The maximum absolute atomic E-state index is 9.20. The Balaban J connectivity index is 0.000000561. The maximum Gasteiger partial charge on any atom is 0.0811 e. The highest BCUT2D eigenvalue weighted by Gasteiger charge is 2.20. The van der Waals surface area contributed by atoms with Crippen molar-refractivity contribution in [2.75, 3.05) is 20.1 Å². The zero-order valence-corrected chi connectivity index (χ0v) is 8.32. The van der Waals surface area contributed by atoms with Crippen molar-refractivity contribution in [3.8, 4) is 0 Å². The van der Waals surface area contributed by atoms with Crippen molar-refractivity contribution in [3.05, 3.63) is 0 Å². The van der Waals surface area contributed by atoms with E-state index in [2.05, 4.69) is 4.90 Å². The van der Waals surface area contributed by atoms with Gasteiger partial charge in [0.1, 0.15) is 0 Å². The fourth-order valence-corrected chi connectivity index (χ4v) is 1.20. The van der Waals surface area contributed by atoms with Crippen LogP contribution in [0.15, 0.2) is 0 Å². The predicted octanol–water partition coefficient (Wildman–Crippen LogP) is 0.460. The highest BCUT2D eigenvalue weighted by Crippen LogP contribution is 2.09. The molecule has 3 nitrogen and oxygen atoms in total. The van der Waals surface area contributed by atoms with Crippen molar-refractivity contribution in [3.63, 3.8) is 0 Å². The standard InChI is InChI=1S/C7H15NO2.C2H6/c1-8-4-2-6(9)7(10)3-5-8;1-2/h6-7,9-10H,2-5H2,1H3;1-2H3. The van der Waals surface area contributed by atoms with Gasteiger partial charge in [0, 0.05) is 13.1 Å². The van der Waals surface area contributed by atoms with Crippen molar-refractivity contribution in [1.29, 1.82) is 0 Å². The third-order valence-electron chi connectivity index (χ3n) is 2.06. The van der Waals surface area contributed by atoms with Gasteiger partial charge in [-0.3, -0.25) is 0 Å². The van der Waals surface area contributed by atoms with Crippen LogP contribution in [0.2, 0.25) is 0 Å². The van der Waals surface area contributed by atoms with Gasteiger partial charge in [-0.1, -0.05) is 13.8 Å². The molecule has 0 spiro atoms. The summed E-state index contributed by atoms with van der Waals surface area (Å²) < 4.78 is 0. The third kappa shape index (κ3) is 4.04. The first-order chi connectivity index (χ1) is 5.70. The van der Waals surface area contributed by atoms with Crippen LogP contribution in [0.5, 0.6) is 0 Å². The first-order valence-electron chi connectivity index (χ1n) is 4.75. The predicted molar refractivity (Wildman–Crippen MR) is 50.1 cm³/mol. The molecule has 0 aromatic rings. The second-order valence-corrected chi connectivity index (χ2v) is 3.02. The Morgan fingerprint density at radius 3 is 1.67 bits per heavy atom. The topological polar surface area (TPSA) is 43.7 Å². The van der Waals surface area contributed by atoms with E-state index in [-0.39, 0.29) is 0 Å². The van der Waals surface area contributed by atoms with Crippen LogP contribution in [0.1, 0.15) is 26.7 Å². The molecule has 0 amide bonds. The van der Waals surface area contributed by atoms with Gasteiger partial charge < -0.3 is 15.1 Å². The molecule has 1 saturated heterocycles. The quantitative estimate of drug-likeness (QED) is 0.562. The van der Waals surface area contributed by atoms with Crippen LogP contribution in [-0.4, -0.2) is 47.5 Å². The van der Waals surface area contributed by atoms with Crippen molar-refractivity contribution in [2.45, 2.75) is 38.9 Å². The van der Waals surface area contributed by atoms with E-state index in [1.165, 1.54) is 0 Å². The number of hydrogen-bond donors (Lipinski definition) is 2. The van der Waals surface area contributed by atoms with E-state index < -0.39 is 12.2 Å². The van der Waals surface area contributed by atoms with Crippen LogP contribution in [0.4, 0.5) is 0 Å². The van der Waals surface area contributed by atoms with E-state index >= 15 is 0 Å². The molecule has 0 aromatic carbocycles. The first kappa shape index (κ1) is 11.9. The van der Waals surface area contributed by atoms with Crippen molar-refractivity contribution in [2.24, 2.45) is 0 Å². The number of rotatable bonds is 0. The van der Waals surface area contributed by atoms with Gasteiger partial charge in [-0.25, -0.2) is 0 Å². The Morgan fingerprint density at radius 1 is 1.00 bits per heavy atom. The monoisotopic (exact) mass is 175 g/mol. The van der Waals surface area contributed by atoms with E-state index in [0.717, 1.165) is 13.1 Å². The summed E-state index contributed by atoms with van der Waals surface area (Å²) >= 11 is 0. The molecule has 0 bridgehead atoms. The Morgan fingerprint density at radius 2 is 1.33 bits per heavy atom. The lowest BCUT2D eigenvalue weighted by Gasteiger charge is -2.11. The molecular formula is C9H21NO2. The van der Waals surface area contributed by atoms with Gasteiger partial charge in [-0.05, 0) is 19.9 Å². The van der Waals surface area contributed by atoms with E-state index in [1.54, 1.807) is 0 Å². The summed E-state index contributed by atoms with van der Waals surface area (Å²) in [6, 6.07) is 0. The summed E-state index contributed by atoms with van der Waals surface area (Å²) in [7, 11) is 2.00. The minimum atomic E-state index is -0.509. The van der Waals surface area contributed by atoms with Crippen LogP contribution in [0.25, 0.3) is 0 Å². The van der Waals surface area contributed by atoms with Crippen LogP contribution >= 0.6 is 0 Å². The molecule has 2 unspecified atom stereocenters. The SMILES string of the molecule is CC.CN1CCC(O)C(O)CC1. The Bertz CT molecular complexity index is 96.7. The molecular weight excluding hydrogens is 154 g/mol. The molecule has 12 heavy (non-hydrogen) atoms. The van der Waals surface area contributed by atoms with Gasteiger partial charge in [0.25, 0.3) is 0 Å². The molecule has 0 radical (unpaired) electrons. The van der Waals surface area contributed by atoms with Crippen molar-refractivity contribution >= 4 is 0 Å². The van der Waals surface area contributed by atoms with Gasteiger partial charge in [0.2, 0.25) is 0 Å². The third-order valence-corrected chi connectivity index (χ3v) is 2.06. The minimum Gasteiger partial charge on any atom is -0.390 e. The summed E-state index contributed by atoms with van der Waals surface area (Å²) in [6.45, 7) is 5.77. The highest BCUT2D eigenvalue weighted by molar-refractivity contribution is 4.73. The lowest BCUT2D eigenvalue weighted by Crippen LogP contribution is -2.24. The average molecular weight is 175 g/mol. The normalized spacial score (nSPS) is 31.8. The second-order valence-electron chi connectivity index (χ2n) is 3.02. The van der Waals surface area contributed by atoms with E-state index in [1.807, 2.05) is 20.9 Å². The Hall–Kier alpha value is -0.120. The van der Waals surface area contributed by atoms with Gasteiger partial charge >= 0.3 is 0 Å². The van der Waals surface area contributed by atoms with Gasteiger partial charge in [0.15, 0.2) is 0 Å². The second kappa shape index (κ2) is 6.40. The van der Waals surface area contributed by atoms with E-state index in [0.29, 0.717) is 12.8 Å². The molecule has 1 aliphatic heterocycles. The lowest BCUT2D eigenvalue weighted by molar-refractivity contribution is 0.0187. The summed E-state index contributed by atoms with van der Waals surface area (Å²) in [5.41, 5.74) is 0. The fraction of sp³-hybridized carbons (Fsp3) is 1.00. The molecule has 1 aliphatic rings. The average Bonchev–Trinajstić information content (AvgIpc) is 2.24. The summed E-state index contributed by atoms with van der Waals surface area (Å²) in [5, 5.41) is 18.4. The summed E-state index contributed by atoms with van der Waals surface area (Å²) in [5.74, 6) is 0. The maximum atomic E-state index is 9.20. The first-order valence-corrected chi connectivity index (χ1v) is 4.75.